The molecule has 0 bridgehead atoms. The Morgan fingerprint density at radius 2 is 2.16 bits per heavy atom. The van der Waals surface area contributed by atoms with E-state index in [1.165, 1.54) is 6.07 Å². The van der Waals surface area contributed by atoms with Crippen LogP contribution in [0.3, 0.4) is 0 Å². The van der Waals surface area contributed by atoms with Crippen LogP contribution in [0.1, 0.15) is 24.8 Å². The Morgan fingerprint density at radius 3 is 2.74 bits per heavy atom. The number of halogens is 2. The zero-order valence-corrected chi connectivity index (χ0v) is 10.5. The fraction of sp³-hybridized carbons (Fsp3) is 0.500. The topological polar surface area (TPSA) is 49.3 Å². The van der Waals surface area contributed by atoms with E-state index in [1.54, 1.807) is 0 Å². The Bertz CT molecular complexity index is 461. The van der Waals surface area contributed by atoms with Crippen molar-refractivity contribution < 1.29 is 18.7 Å². The highest BCUT2D eigenvalue weighted by molar-refractivity contribution is 5.79. The highest BCUT2D eigenvalue weighted by Crippen LogP contribution is 2.26. The lowest BCUT2D eigenvalue weighted by Crippen LogP contribution is -2.39. The summed E-state index contributed by atoms with van der Waals surface area (Å²) in [5, 5.41) is 12.4. The van der Waals surface area contributed by atoms with Crippen LogP contribution in [0.25, 0.3) is 0 Å². The molecule has 0 radical (unpaired) electrons. The fourth-order valence-electron chi connectivity index (χ4n) is 2.05. The Kier molecular flexibility index (Phi) is 4.47. The quantitative estimate of drug-likeness (QED) is 0.856. The first kappa shape index (κ1) is 13.9. The molecule has 0 saturated heterocycles. The van der Waals surface area contributed by atoms with Crippen LogP contribution >= 0.6 is 0 Å². The molecule has 5 heteroatoms. The lowest BCUT2D eigenvalue weighted by molar-refractivity contribution is -0.127. The van der Waals surface area contributed by atoms with Crippen LogP contribution in [0.2, 0.25) is 0 Å². The summed E-state index contributed by atoms with van der Waals surface area (Å²) in [6.45, 7) is 0.0894. The average Bonchev–Trinajstić information content (AvgIpc) is 2.28. The molecule has 0 heterocycles. The lowest BCUT2D eigenvalue weighted by atomic mass is 9.85. The van der Waals surface area contributed by atoms with Gasteiger partial charge in [0.2, 0.25) is 5.91 Å². The van der Waals surface area contributed by atoms with Gasteiger partial charge in [-0.3, -0.25) is 4.79 Å². The number of aliphatic hydroxyl groups is 1. The minimum atomic E-state index is -0.871. The molecule has 1 amide bonds. The van der Waals surface area contributed by atoms with E-state index in [-0.39, 0.29) is 30.4 Å². The van der Waals surface area contributed by atoms with Crippen molar-refractivity contribution in [3.63, 3.8) is 0 Å². The van der Waals surface area contributed by atoms with E-state index in [4.69, 9.17) is 0 Å². The van der Waals surface area contributed by atoms with E-state index < -0.39 is 17.7 Å². The van der Waals surface area contributed by atoms with Gasteiger partial charge in [0.25, 0.3) is 0 Å². The maximum absolute atomic E-state index is 13.4. The van der Waals surface area contributed by atoms with Crippen molar-refractivity contribution in [3.05, 3.63) is 35.4 Å². The zero-order chi connectivity index (χ0) is 13.8. The molecule has 0 aromatic heterocycles. The van der Waals surface area contributed by atoms with Gasteiger partial charge in [0.1, 0.15) is 11.6 Å². The molecule has 2 rings (SSSR count). The van der Waals surface area contributed by atoms with E-state index in [0.717, 1.165) is 31.4 Å². The minimum Gasteiger partial charge on any atom is -0.391 e. The van der Waals surface area contributed by atoms with Gasteiger partial charge in [-0.05, 0) is 24.5 Å². The zero-order valence-electron chi connectivity index (χ0n) is 10.5. The molecule has 2 N–H and O–H groups in total. The standard InChI is InChI=1S/C14H17F2NO2/c15-11-5-4-10(13(16)7-11)6-12(18)8-17-14(19)9-2-1-3-9/h4-5,7,9,12,18H,1-3,6,8H2,(H,17,19)/t12-/m0/s1. The molecule has 1 aromatic carbocycles. The Labute approximate surface area is 110 Å². The average molecular weight is 269 g/mol. The number of benzene rings is 1. The smallest absolute Gasteiger partial charge is 0.223 e. The summed E-state index contributed by atoms with van der Waals surface area (Å²) in [5.74, 6) is -1.31. The number of aliphatic hydroxyl groups excluding tert-OH is 1. The SMILES string of the molecule is O=C(NC[C@@H](O)Cc1ccc(F)cc1F)C1CCC1. The number of hydrogen-bond acceptors (Lipinski definition) is 2. The fourth-order valence-corrected chi connectivity index (χ4v) is 2.05. The van der Waals surface area contributed by atoms with E-state index in [0.29, 0.717) is 0 Å². The summed E-state index contributed by atoms with van der Waals surface area (Å²) in [4.78, 5) is 11.5. The van der Waals surface area contributed by atoms with Gasteiger partial charge in [0.05, 0.1) is 6.10 Å². The second kappa shape index (κ2) is 6.10. The predicted octanol–water partition coefficient (Wildman–Crippen LogP) is 1.78. The van der Waals surface area contributed by atoms with Crippen LogP contribution in [-0.2, 0) is 11.2 Å². The minimum absolute atomic E-state index is 0.0510. The van der Waals surface area contributed by atoms with E-state index in [2.05, 4.69) is 5.32 Å². The van der Waals surface area contributed by atoms with Crippen molar-refractivity contribution in [2.24, 2.45) is 5.92 Å². The van der Waals surface area contributed by atoms with Crippen LogP contribution in [-0.4, -0.2) is 23.7 Å². The summed E-state index contributed by atoms with van der Waals surface area (Å²) in [6.07, 6.45) is 2.05. The second-order valence-electron chi connectivity index (χ2n) is 4.97. The molecule has 1 atom stereocenters. The second-order valence-corrected chi connectivity index (χ2v) is 4.97. The molecule has 3 nitrogen and oxygen atoms in total. The van der Waals surface area contributed by atoms with Crippen molar-refractivity contribution >= 4 is 5.91 Å². The van der Waals surface area contributed by atoms with Crippen molar-refractivity contribution in [2.75, 3.05) is 6.54 Å². The molecule has 0 spiro atoms. The maximum Gasteiger partial charge on any atom is 0.223 e. The Hall–Kier alpha value is -1.49. The van der Waals surface area contributed by atoms with Crippen molar-refractivity contribution in [2.45, 2.75) is 31.8 Å². The lowest BCUT2D eigenvalue weighted by Gasteiger charge is -2.24. The first-order valence-electron chi connectivity index (χ1n) is 6.46. The van der Waals surface area contributed by atoms with Gasteiger partial charge in [0.15, 0.2) is 0 Å². The van der Waals surface area contributed by atoms with Crippen molar-refractivity contribution in [3.8, 4) is 0 Å². The normalized spacial score (nSPS) is 16.8. The molecule has 1 saturated carbocycles. The molecule has 19 heavy (non-hydrogen) atoms. The van der Waals surface area contributed by atoms with Gasteiger partial charge < -0.3 is 10.4 Å². The highest BCUT2D eigenvalue weighted by atomic mass is 19.1. The van der Waals surface area contributed by atoms with Gasteiger partial charge >= 0.3 is 0 Å². The molecule has 104 valence electrons. The number of rotatable bonds is 5. The maximum atomic E-state index is 13.4. The third-order valence-corrected chi connectivity index (χ3v) is 3.46. The van der Waals surface area contributed by atoms with Gasteiger partial charge in [-0.1, -0.05) is 12.5 Å². The van der Waals surface area contributed by atoms with Crippen LogP contribution in [0, 0.1) is 17.6 Å². The summed E-state index contributed by atoms with van der Waals surface area (Å²) >= 11 is 0. The largest absolute Gasteiger partial charge is 0.391 e. The molecule has 0 unspecified atom stereocenters. The van der Waals surface area contributed by atoms with Crippen LogP contribution in [0.4, 0.5) is 8.78 Å². The summed E-state index contributed by atoms with van der Waals surface area (Å²) in [6, 6.07) is 3.24. The van der Waals surface area contributed by atoms with E-state index in [9.17, 15) is 18.7 Å². The molecular formula is C14H17F2NO2. The Morgan fingerprint density at radius 1 is 1.42 bits per heavy atom. The van der Waals surface area contributed by atoms with Gasteiger partial charge in [-0.25, -0.2) is 8.78 Å². The molecule has 0 aliphatic heterocycles. The van der Waals surface area contributed by atoms with Crippen LogP contribution in [0.15, 0.2) is 18.2 Å². The highest BCUT2D eigenvalue weighted by Gasteiger charge is 2.25. The van der Waals surface area contributed by atoms with Gasteiger partial charge in [0, 0.05) is 24.9 Å². The molecule has 1 aliphatic carbocycles. The number of amides is 1. The third-order valence-electron chi connectivity index (χ3n) is 3.46. The summed E-state index contributed by atoms with van der Waals surface area (Å²) in [5.41, 5.74) is 0.242. The molecule has 1 fully saturated rings. The monoisotopic (exact) mass is 269 g/mol. The summed E-state index contributed by atoms with van der Waals surface area (Å²) < 4.78 is 26.1. The first-order chi connectivity index (χ1) is 9.06. The molecular weight excluding hydrogens is 252 g/mol. The molecule has 1 aromatic rings. The van der Waals surface area contributed by atoms with Crippen LogP contribution < -0.4 is 5.32 Å². The number of hydrogen-bond donors (Lipinski definition) is 2. The number of nitrogens with one attached hydrogen (secondary N) is 1. The first-order valence-corrected chi connectivity index (χ1v) is 6.46. The van der Waals surface area contributed by atoms with E-state index in [1.807, 2.05) is 0 Å². The van der Waals surface area contributed by atoms with Crippen LogP contribution in [0.5, 0.6) is 0 Å². The van der Waals surface area contributed by atoms with Gasteiger partial charge in [-0.15, -0.1) is 0 Å². The molecule has 1 aliphatic rings. The third kappa shape index (κ3) is 3.73. The predicted molar refractivity (Wildman–Crippen MR) is 66.4 cm³/mol. The number of carbonyl (C=O) groups excluding carboxylic acids is 1. The van der Waals surface area contributed by atoms with Crippen molar-refractivity contribution in [1.29, 1.82) is 0 Å². The number of carbonyl (C=O) groups is 1. The van der Waals surface area contributed by atoms with Crippen molar-refractivity contribution in [1.82, 2.24) is 5.32 Å². The van der Waals surface area contributed by atoms with Gasteiger partial charge in [-0.2, -0.15) is 0 Å². The van der Waals surface area contributed by atoms with E-state index >= 15 is 0 Å². The Balaban J connectivity index is 1.80. The summed E-state index contributed by atoms with van der Waals surface area (Å²) in [7, 11) is 0.